The molecule has 0 aliphatic carbocycles. The Balaban J connectivity index is 2.98. The largest absolute Gasteiger partial charge is 0.626 e. The van der Waals surface area contributed by atoms with E-state index in [4.69, 9.17) is 0 Å². The van der Waals surface area contributed by atoms with E-state index in [1.807, 2.05) is 0 Å². The fourth-order valence-corrected chi connectivity index (χ4v) is 0.416. The van der Waals surface area contributed by atoms with Gasteiger partial charge in [0, 0.05) is 6.07 Å². The molecule has 0 aliphatic heterocycles. The molecule has 0 atom stereocenters. The maximum absolute atomic E-state index is 9.91. The first-order valence-corrected chi connectivity index (χ1v) is 2.28. The average Bonchev–Trinajstić information content (AvgIpc) is 1.90. The summed E-state index contributed by atoms with van der Waals surface area (Å²) in [6.07, 6.45) is 2.81. The van der Waals surface area contributed by atoms with Gasteiger partial charge < -0.3 is 10.1 Å². The van der Waals surface area contributed by atoms with Crippen molar-refractivity contribution >= 4 is 5.95 Å². The highest BCUT2D eigenvalue weighted by Gasteiger charge is 2.13. The van der Waals surface area contributed by atoms with E-state index in [0.29, 0.717) is 0 Å². The summed E-state index contributed by atoms with van der Waals surface area (Å²) in [5.41, 5.74) is 0. The third-order valence-corrected chi connectivity index (χ3v) is 0.764. The molecule has 5 heteroatoms. The molecule has 0 aromatic carbocycles. The van der Waals surface area contributed by atoms with Crippen LogP contribution < -0.4 is 4.98 Å². The van der Waals surface area contributed by atoms with Crippen molar-refractivity contribution in [2.75, 3.05) is 0 Å². The molecular weight excluding hydrogens is 122 g/mol. The van der Waals surface area contributed by atoms with Gasteiger partial charge in [0.15, 0.2) is 6.20 Å². The van der Waals surface area contributed by atoms with E-state index in [9.17, 15) is 10.1 Å². The van der Waals surface area contributed by atoms with Crippen LogP contribution in [0.4, 0.5) is 5.95 Å². The predicted octanol–water partition coefficient (Wildman–Crippen LogP) is -0.196. The summed E-state index contributed by atoms with van der Waals surface area (Å²) in [5, 5.41) is 9.91. The Morgan fingerprint density at radius 2 is 2.56 bits per heavy atom. The van der Waals surface area contributed by atoms with Crippen LogP contribution in [0.2, 0.25) is 0 Å². The standard InChI is InChI=1S/C4H3N3O2/c8-7(9)4-5-2-1-3-6-4/h1-3H/p+1. The first-order chi connectivity index (χ1) is 4.30. The zero-order valence-electron chi connectivity index (χ0n) is 4.44. The molecular formula is C4H4N3O2+. The SMILES string of the molecule is O=[N+]([O-])c1nccc[nH+]1. The van der Waals surface area contributed by atoms with Crippen LogP contribution in [-0.2, 0) is 0 Å². The van der Waals surface area contributed by atoms with Gasteiger partial charge in [0.25, 0.3) is 0 Å². The van der Waals surface area contributed by atoms with E-state index in [0.717, 1.165) is 0 Å². The highest BCUT2D eigenvalue weighted by Crippen LogP contribution is 1.89. The summed E-state index contributed by atoms with van der Waals surface area (Å²) >= 11 is 0. The van der Waals surface area contributed by atoms with Gasteiger partial charge in [0.2, 0.25) is 0 Å². The third-order valence-electron chi connectivity index (χ3n) is 0.764. The van der Waals surface area contributed by atoms with E-state index in [-0.39, 0.29) is 5.95 Å². The molecule has 0 spiro atoms. The number of H-pyrrole nitrogens is 1. The normalized spacial score (nSPS) is 8.89. The number of hydrogen-bond donors (Lipinski definition) is 0. The second-order valence-electron chi connectivity index (χ2n) is 1.36. The molecule has 0 amide bonds. The van der Waals surface area contributed by atoms with Crippen LogP contribution >= 0.6 is 0 Å². The molecule has 0 radical (unpaired) electrons. The van der Waals surface area contributed by atoms with Crippen molar-refractivity contribution in [1.29, 1.82) is 0 Å². The molecule has 1 heterocycles. The van der Waals surface area contributed by atoms with Crippen molar-refractivity contribution in [3.63, 3.8) is 0 Å². The molecule has 1 N–H and O–H groups in total. The highest BCUT2D eigenvalue weighted by molar-refractivity contribution is 4.89. The lowest BCUT2D eigenvalue weighted by Crippen LogP contribution is -2.10. The maximum atomic E-state index is 9.91. The Labute approximate surface area is 50.5 Å². The molecule has 0 aliphatic rings. The summed E-state index contributed by atoms with van der Waals surface area (Å²) in [5.74, 6) is -0.238. The topological polar surface area (TPSA) is 70.2 Å². The average molecular weight is 126 g/mol. The van der Waals surface area contributed by atoms with Gasteiger partial charge >= 0.3 is 5.95 Å². The Hall–Kier alpha value is -1.52. The molecule has 9 heavy (non-hydrogen) atoms. The van der Waals surface area contributed by atoms with Crippen LogP contribution in [0, 0.1) is 10.1 Å². The van der Waals surface area contributed by atoms with Crippen LogP contribution in [-0.4, -0.2) is 9.91 Å². The van der Waals surface area contributed by atoms with Crippen molar-refractivity contribution in [2.45, 2.75) is 0 Å². The molecule has 1 aromatic heterocycles. The lowest BCUT2D eigenvalue weighted by atomic mass is 10.7. The van der Waals surface area contributed by atoms with E-state index in [1.165, 1.54) is 12.4 Å². The molecule has 0 fully saturated rings. The minimum atomic E-state index is -0.583. The summed E-state index contributed by atoms with van der Waals surface area (Å²) in [6, 6.07) is 1.58. The molecule has 46 valence electrons. The third kappa shape index (κ3) is 1.18. The second-order valence-corrected chi connectivity index (χ2v) is 1.36. The summed E-state index contributed by atoms with van der Waals surface area (Å²) in [6.45, 7) is 0. The zero-order valence-corrected chi connectivity index (χ0v) is 4.44. The van der Waals surface area contributed by atoms with Gasteiger partial charge in [-0.05, 0) is 0 Å². The van der Waals surface area contributed by atoms with Gasteiger partial charge in [0.05, 0.1) is 9.91 Å². The summed E-state index contributed by atoms with van der Waals surface area (Å²) in [7, 11) is 0. The maximum Gasteiger partial charge on any atom is 0.626 e. The lowest BCUT2D eigenvalue weighted by Gasteiger charge is -1.77. The quantitative estimate of drug-likeness (QED) is 0.386. The van der Waals surface area contributed by atoms with Crippen LogP contribution in [0.1, 0.15) is 0 Å². The van der Waals surface area contributed by atoms with E-state index >= 15 is 0 Å². The summed E-state index contributed by atoms with van der Waals surface area (Å²) in [4.78, 5) is 15.1. The fourth-order valence-electron chi connectivity index (χ4n) is 0.416. The van der Waals surface area contributed by atoms with Gasteiger partial charge in [-0.3, -0.25) is 0 Å². The first kappa shape index (κ1) is 5.61. The molecule has 1 aromatic rings. The predicted molar refractivity (Wildman–Crippen MR) is 27.4 cm³/mol. The molecule has 0 saturated heterocycles. The van der Waals surface area contributed by atoms with Crippen LogP contribution in [0.3, 0.4) is 0 Å². The fraction of sp³-hybridized carbons (Fsp3) is 0. The van der Waals surface area contributed by atoms with E-state index in [1.54, 1.807) is 6.07 Å². The molecule has 0 bridgehead atoms. The van der Waals surface area contributed by atoms with Crippen molar-refractivity contribution in [3.8, 4) is 0 Å². The van der Waals surface area contributed by atoms with E-state index in [2.05, 4.69) is 9.97 Å². The minimum absolute atomic E-state index is 0.238. The summed E-state index contributed by atoms with van der Waals surface area (Å²) < 4.78 is 0. The number of hydrogen-bond acceptors (Lipinski definition) is 3. The smallest absolute Gasteiger partial charge is 0.320 e. The second kappa shape index (κ2) is 2.17. The number of nitrogens with zero attached hydrogens (tertiary/aromatic N) is 2. The van der Waals surface area contributed by atoms with Crippen LogP contribution in [0.15, 0.2) is 18.5 Å². The Kier molecular flexibility index (Phi) is 1.35. The van der Waals surface area contributed by atoms with Crippen LogP contribution in [0.25, 0.3) is 0 Å². The minimum Gasteiger partial charge on any atom is -0.320 e. The van der Waals surface area contributed by atoms with Crippen molar-refractivity contribution < 1.29 is 9.91 Å². The number of nitro groups is 1. The van der Waals surface area contributed by atoms with E-state index < -0.39 is 4.92 Å². The Morgan fingerprint density at radius 1 is 1.78 bits per heavy atom. The zero-order chi connectivity index (χ0) is 6.69. The van der Waals surface area contributed by atoms with Gasteiger partial charge in [-0.2, -0.15) is 4.98 Å². The van der Waals surface area contributed by atoms with Gasteiger partial charge in [-0.25, -0.2) is 0 Å². The number of aromatic nitrogens is 2. The van der Waals surface area contributed by atoms with Crippen molar-refractivity contribution in [3.05, 3.63) is 28.6 Å². The van der Waals surface area contributed by atoms with Gasteiger partial charge in [-0.1, -0.05) is 0 Å². The van der Waals surface area contributed by atoms with Gasteiger partial charge in [-0.15, -0.1) is 0 Å². The number of nitrogens with one attached hydrogen (secondary N) is 1. The molecule has 5 nitrogen and oxygen atoms in total. The van der Waals surface area contributed by atoms with Crippen molar-refractivity contribution in [1.82, 2.24) is 4.98 Å². The van der Waals surface area contributed by atoms with Crippen LogP contribution in [0.5, 0.6) is 0 Å². The number of aromatic amines is 1. The van der Waals surface area contributed by atoms with Crippen molar-refractivity contribution in [2.24, 2.45) is 0 Å². The molecule has 0 saturated carbocycles. The molecule has 0 unspecified atom stereocenters. The molecule has 1 rings (SSSR count). The monoisotopic (exact) mass is 126 g/mol. The lowest BCUT2D eigenvalue weighted by molar-refractivity contribution is -0.533. The Morgan fingerprint density at radius 3 is 2.89 bits per heavy atom. The Bertz CT molecular complexity index is 210. The first-order valence-electron chi connectivity index (χ1n) is 2.28. The highest BCUT2D eigenvalue weighted by atomic mass is 16.6. The number of rotatable bonds is 1. The van der Waals surface area contributed by atoms with Gasteiger partial charge in [0.1, 0.15) is 6.20 Å².